The SMILES string of the molecule is CCc1noc(CC)c1CC(=O)N1CCC(C(F)(F)F)C1(C)C. The molecule has 1 aromatic rings. The number of alkyl halides is 3. The third-order valence-corrected chi connectivity index (χ3v) is 4.82. The molecule has 1 atom stereocenters. The molecule has 0 radical (unpaired) electrons. The van der Waals surface area contributed by atoms with E-state index in [0.29, 0.717) is 24.3 Å². The zero-order chi connectivity index (χ0) is 17.4. The third kappa shape index (κ3) is 3.23. The summed E-state index contributed by atoms with van der Waals surface area (Å²) in [5, 5.41) is 3.95. The molecule has 1 fully saturated rings. The van der Waals surface area contributed by atoms with Crippen LogP contribution >= 0.6 is 0 Å². The summed E-state index contributed by atoms with van der Waals surface area (Å²) >= 11 is 0. The second-order valence-electron chi connectivity index (χ2n) is 6.50. The summed E-state index contributed by atoms with van der Waals surface area (Å²) in [6, 6.07) is 0. The first-order valence-corrected chi connectivity index (χ1v) is 7.96. The minimum Gasteiger partial charge on any atom is -0.361 e. The molecule has 1 aliphatic rings. The van der Waals surface area contributed by atoms with Crippen molar-refractivity contribution in [2.45, 2.75) is 65.1 Å². The van der Waals surface area contributed by atoms with Crippen LogP contribution in [0.4, 0.5) is 13.2 Å². The van der Waals surface area contributed by atoms with Gasteiger partial charge in [0.15, 0.2) is 0 Å². The summed E-state index contributed by atoms with van der Waals surface area (Å²) in [6.07, 6.45) is -3.07. The molecule has 2 heterocycles. The van der Waals surface area contributed by atoms with Gasteiger partial charge in [0.25, 0.3) is 0 Å². The fourth-order valence-corrected chi connectivity index (χ4v) is 3.48. The van der Waals surface area contributed by atoms with Gasteiger partial charge in [0.05, 0.1) is 18.0 Å². The normalized spacial score (nSPS) is 21.0. The summed E-state index contributed by atoms with van der Waals surface area (Å²) in [7, 11) is 0. The van der Waals surface area contributed by atoms with Crippen LogP contribution in [0, 0.1) is 5.92 Å². The van der Waals surface area contributed by atoms with E-state index in [9.17, 15) is 18.0 Å². The average molecular weight is 332 g/mol. The fraction of sp³-hybridized carbons (Fsp3) is 0.750. The second kappa shape index (κ2) is 6.17. The van der Waals surface area contributed by atoms with E-state index < -0.39 is 17.6 Å². The second-order valence-corrected chi connectivity index (χ2v) is 6.50. The van der Waals surface area contributed by atoms with E-state index in [-0.39, 0.29) is 25.3 Å². The molecule has 0 aromatic carbocycles. The van der Waals surface area contributed by atoms with Gasteiger partial charge in [0, 0.05) is 24.1 Å². The summed E-state index contributed by atoms with van der Waals surface area (Å²) in [6.45, 7) is 6.92. The van der Waals surface area contributed by atoms with Gasteiger partial charge in [-0.2, -0.15) is 13.2 Å². The van der Waals surface area contributed by atoms with E-state index in [4.69, 9.17) is 4.52 Å². The number of aromatic nitrogens is 1. The Bertz CT molecular complexity index is 557. The zero-order valence-corrected chi connectivity index (χ0v) is 14.0. The van der Waals surface area contributed by atoms with Crippen LogP contribution in [-0.4, -0.2) is 34.2 Å². The van der Waals surface area contributed by atoms with Crippen molar-refractivity contribution >= 4 is 5.91 Å². The third-order valence-electron chi connectivity index (χ3n) is 4.82. The number of carbonyl (C=O) groups excluding carboxylic acids is 1. The number of nitrogens with zero attached hydrogens (tertiary/aromatic N) is 2. The van der Waals surface area contributed by atoms with Crippen LogP contribution in [-0.2, 0) is 24.1 Å². The van der Waals surface area contributed by atoms with Crippen LogP contribution in [0.25, 0.3) is 0 Å². The summed E-state index contributed by atoms with van der Waals surface area (Å²) in [4.78, 5) is 14.0. The van der Waals surface area contributed by atoms with Gasteiger partial charge < -0.3 is 9.42 Å². The largest absolute Gasteiger partial charge is 0.394 e. The Labute approximate surface area is 134 Å². The van der Waals surface area contributed by atoms with Crippen LogP contribution in [0.15, 0.2) is 4.52 Å². The molecular formula is C16H23F3N2O2. The molecule has 1 unspecified atom stereocenters. The van der Waals surface area contributed by atoms with Crippen molar-refractivity contribution in [3.05, 3.63) is 17.0 Å². The highest BCUT2D eigenvalue weighted by Gasteiger charge is 2.56. The van der Waals surface area contributed by atoms with Crippen LogP contribution in [0.2, 0.25) is 0 Å². The first kappa shape index (κ1) is 17.8. The number of halogens is 3. The predicted molar refractivity (Wildman–Crippen MR) is 78.9 cm³/mol. The topological polar surface area (TPSA) is 46.3 Å². The van der Waals surface area contributed by atoms with E-state index >= 15 is 0 Å². The maximum Gasteiger partial charge on any atom is 0.394 e. The Morgan fingerprint density at radius 3 is 2.48 bits per heavy atom. The van der Waals surface area contributed by atoms with Crippen molar-refractivity contribution in [3.63, 3.8) is 0 Å². The van der Waals surface area contributed by atoms with Crippen molar-refractivity contribution < 1.29 is 22.5 Å². The number of carbonyl (C=O) groups is 1. The van der Waals surface area contributed by atoms with E-state index in [2.05, 4.69) is 5.16 Å². The van der Waals surface area contributed by atoms with Gasteiger partial charge >= 0.3 is 6.18 Å². The van der Waals surface area contributed by atoms with Crippen molar-refractivity contribution in [2.24, 2.45) is 5.92 Å². The molecule has 4 nitrogen and oxygen atoms in total. The van der Waals surface area contributed by atoms with Crippen LogP contribution in [0.3, 0.4) is 0 Å². The quantitative estimate of drug-likeness (QED) is 0.847. The van der Waals surface area contributed by atoms with Gasteiger partial charge in [-0.1, -0.05) is 19.0 Å². The van der Waals surface area contributed by atoms with Gasteiger partial charge in [0.1, 0.15) is 5.76 Å². The number of amides is 1. The molecule has 1 aromatic heterocycles. The molecule has 0 bridgehead atoms. The standard InChI is InChI=1S/C16H23F3N2O2/c1-5-11-10(12(6-2)23-20-11)9-14(22)21-8-7-13(15(21,3)4)16(17,18)19/h13H,5-9H2,1-4H3. The number of hydrogen-bond acceptors (Lipinski definition) is 3. The molecule has 0 spiro atoms. The lowest BCUT2D eigenvalue weighted by atomic mass is 9.87. The molecule has 2 rings (SSSR count). The first-order valence-electron chi connectivity index (χ1n) is 7.96. The Morgan fingerprint density at radius 2 is 2.00 bits per heavy atom. The van der Waals surface area contributed by atoms with Crippen molar-refractivity contribution in [3.8, 4) is 0 Å². The van der Waals surface area contributed by atoms with Crippen molar-refractivity contribution in [1.29, 1.82) is 0 Å². The minimum atomic E-state index is -4.29. The Balaban J connectivity index is 2.21. The maximum atomic E-state index is 13.1. The number of likely N-dealkylation sites (tertiary alicyclic amines) is 1. The molecular weight excluding hydrogens is 309 g/mol. The lowest BCUT2D eigenvalue weighted by molar-refractivity contribution is -0.192. The zero-order valence-electron chi connectivity index (χ0n) is 14.0. The van der Waals surface area contributed by atoms with Crippen LogP contribution in [0.1, 0.15) is 51.1 Å². The highest BCUT2D eigenvalue weighted by Crippen LogP contribution is 2.44. The molecule has 23 heavy (non-hydrogen) atoms. The number of hydrogen-bond donors (Lipinski definition) is 0. The maximum absolute atomic E-state index is 13.1. The molecule has 1 aliphatic heterocycles. The highest BCUT2D eigenvalue weighted by molar-refractivity contribution is 5.80. The van der Waals surface area contributed by atoms with Gasteiger partial charge in [-0.25, -0.2) is 0 Å². The van der Waals surface area contributed by atoms with Gasteiger partial charge in [-0.15, -0.1) is 0 Å². The molecule has 0 N–H and O–H groups in total. The Morgan fingerprint density at radius 1 is 1.35 bits per heavy atom. The summed E-state index contributed by atoms with van der Waals surface area (Å²) in [5.74, 6) is -1.15. The lowest BCUT2D eigenvalue weighted by Gasteiger charge is -2.36. The molecule has 7 heteroatoms. The predicted octanol–water partition coefficient (Wildman–Crippen LogP) is 3.53. The fourth-order valence-electron chi connectivity index (χ4n) is 3.48. The molecule has 130 valence electrons. The van der Waals surface area contributed by atoms with E-state index in [1.54, 1.807) is 0 Å². The summed E-state index contributed by atoms with van der Waals surface area (Å²) in [5.41, 5.74) is 0.205. The van der Waals surface area contributed by atoms with Gasteiger partial charge in [0.2, 0.25) is 5.91 Å². The molecule has 0 saturated carbocycles. The van der Waals surface area contributed by atoms with Crippen LogP contribution < -0.4 is 0 Å². The summed E-state index contributed by atoms with van der Waals surface area (Å²) < 4.78 is 44.7. The molecule has 1 saturated heterocycles. The monoisotopic (exact) mass is 332 g/mol. The molecule has 1 amide bonds. The Hall–Kier alpha value is -1.53. The number of aryl methyl sites for hydroxylation is 2. The van der Waals surface area contributed by atoms with Gasteiger partial charge in [-0.3, -0.25) is 4.79 Å². The average Bonchev–Trinajstić information content (AvgIpc) is 2.97. The van der Waals surface area contributed by atoms with Crippen LogP contribution in [0.5, 0.6) is 0 Å². The highest BCUT2D eigenvalue weighted by atomic mass is 19.4. The van der Waals surface area contributed by atoms with E-state index in [1.807, 2.05) is 13.8 Å². The first-order chi connectivity index (χ1) is 10.6. The lowest BCUT2D eigenvalue weighted by Crippen LogP contribution is -2.50. The molecule has 0 aliphatic carbocycles. The Kier molecular flexibility index (Phi) is 4.78. The number of rotatable bonds is 4. The van der Waals surface area contributed by atoms with Gasteiger partial charge in [-0.05, 0) is 26.7 Å². The minimum absolute atomic E-state index is 0.0455. The smallest absolute Gasteiger partial charge is 0.361 e. The van der Waals surface area contributed by atoms with Crippen molar-refractivity contribution in [1.82, 2.24) is 10.1 Å². The van der Waals surface area contributed by atoms with E-state index in [1.165, 1.54) is 18.7 Å². The van der Waals surface area contributed by atoms with E-state index in [0.717, 1.165) is 5.56 Å². The van der Waals surface area contributed by atoms with Crippen molar-refractivity contribution in [2.75, 3.05) is 6.54 Å².